The van der Waals surface area contributed by atoms with Crippen LogP contribution in [0.5, 0.6) is 0 Å². The molecule has 6 nitrogen and oxygen atoms in total. The molecule has 3 aromatic heterocycles. The van der Waals surface area contributed by atoms with E-state index in [0.29, 0.717) is 5.95 Å². The van der Waals surface area contributed by atoms with Gasteiger partial charge in [0.15, 0.2) is 4.91 Å². The fourth-order valence-electron chi connectivity index (χ4n) is 5.06. The van der Waals surface area contributed by atoms with E-state index in [4.69, 9.17) is 15.2 Å². The van der Waals surface area contributed by atoms with E-state index in [-0.39, 0.29) is 5.41 Å². The second-order valence-corrected chi connectivity index (χ2v) is 10.2. The van der Waals surface area contributed by atoms with Crippen molar-refractivity contribution in [2.45, 2.75) is 26.2 Å². The number of fused-ring (bicyclic) bond motifs is 6. The van der Waals surface area contributed by atoms with Crippen LogP contribution in [0.25, 0.3) is 49.6 Å². The van der Waals surface area contributed by atoms with Crippen molar-refractivity contribution >= 4 is 43.6 Å². The molecule has 0 spiro atoms. The van der Waals surface area contributed by atoms with E-state index in [1.165, 1.54) is 10.8 Å². The first-order valence-electron chi connectivity index (χ1n) is 12.2. The van der Waals surface area contributed by atoms with E-state index in [9.17, 15) is 0 Å². The van der Waals surface area contributed by atoms with E-state index in [2.05, 4.69) is 127 Å². The lowest BCUT2D eigenvalue weighted by atomic mass is 9.96. The van der Waals surface area contributed by atoms with Gasteiger partial charge in [0.25, 0.3) is 0 Å². The molecule has 174 valence electrons. The molecule has 0 fully saturated rings. The second kappa shape index (κ2) is 7.46. The highest BCUT2D eigenvalue weighted by Gasteiger charge is 2.29. The molecule has 0 aliphatic carbocycles. The Labute approximate surface area is 208 Å². The summed E-state index contributed by atoms with van der Waals surface area (Å²) in [6.07, 6.45) is 0. The van der Waals surface area contributed by atoms with Crippen LogP contribution >= 0.6 is 0 Å². The van der Waals surface area contributed by atoms with Gasteiger partial charge in [-0.05, 0) is 24.3 Å². The fourth-order valence-corrected chi connectivity index (χ4v) is 5.06. The molecule has 0 radical (unpaired) electrons. The summed E-state index contributed by atoms with van der Waals surface area (Å²) >= 11 is 0. The first-order valence-corrected chi connectivity index (χ1v) is 12.2. The first-order chi connectivity index (χ1) is 17.5. The molecule has 0 amide bonds. The van der Waals surface area contributed by atoms with Gasteiger partial charge in [0.2, 0.25) is 5.82 Å². The van der Waals surface area contributed by atoms with Crippen LogP contribution in [0, 0.1) is 0 Å². The maximum Gasteiger partial charge on any atom is 0.308 e. The molecule has 7 aromatic rings. The molecule has 4 aromatic carbocycles. The van der Waals surface area contributed by atoms with Crippen LogP contribution in [0.4, 0.5) is 0 Å². The molecule has 36 heavy (non-hydrogen) atoms. The lowest BCUT2D eigenvalue weighted by Gasteiger charge is -2.14. The van der Waals surface area contributed by atoms with Gasteiger partial charge < -0.3 is 0 Å². The van der Waals surface area contributed by atoms with Crippen molar-refractivity contribution < 1.29 is 4.91 Å². The van der Waals surface area contributed by atoms with Gasteiger partial charge in [0.05, 0.1) is 16.1 Å². The number of aromatic nitrogens is 6. The highest BCUT2D eigenvalue weighted by molar-refractivity contribution is 6.09. The zero-order valence-corrected chi connectivity index (χ0v) is 20.4. The molecule has 0 N–H and O–H groups in total. The Morgan fingerprint density at radius 1 is 0.556 bits per heavy atom. The largest absolute Gasteiger partial charge is 0.308 e. The van der Waals surface area contributed by atoms with E-state index >= 15 is 0 Å². The summed E-state index contributed by atoms with van der Waals surface area (Å²) in [7, 11) is 0. The SMILES string of the molecule is CC(C)(C)c1nc(-n2c3ccccc3c3ccccc32)n[n+](-n2c3ccccc3c3ccccc32)n1. The summed E-state index contributed by atoms with van der Waals surface area (Å²) in [6.45, 7) is 6.40. The summed E-state index contributed by atoms with van der Waals surface area (Å²) in [6, 6.07) is 33.6. The summed E-state index contributed by atoms with van der Waals surface area (Å²) in [4.78, 5) is 6.74. The fraction of sp³-hybridized carbons (Fsp3) is 0.133. The maximum absolute atomic E-state index is 5.05. The molecule has 0 atom stereocenters. The predicted molar refractivity (Wildman–Crippen MR) is 143 cm³/mol. The molecule has 6 heteroatoms. The van der Waals surface area contributed by atoms with Crippen LogP contribution in [0.15, 0.2) is 97.1 Å². The zero-order valence-electron chi connectivity index (χ0n) is 20.4. The summed E-state index contributed by atoms with van der Waals surface area (Å²) < 4.78 is 4.23. The third kappa shape index (κ3) is 2.97. The van der Waals surface area contributed by atoms with Crippen LogP contribution < -0.4 is 4.91 Å². The molecule has 7 rings (SSSR count). The third-order valence-corrected chi connectivity index (χ3v) is 6.75. The molecular weight excluding hydrogens is 444 g/mol. The molecular formula is C30H25N6+. The Balaban J connectivity index is 1.62. The summed E-state index contributed by atoms with van der Waals surface area (Å²) in [5.41, 5.74) is 3.94. The minimum absolute atomic E-state index is 0.281. The van der Waals surface area contributed by atoms with Crippen molar-refractivity contribution in [2.24, 2.45) is 0 Å². The average molecular weight is 470 g/mol. The third-order valence-electron chi connectivity index (χ3n) is 6.75. The number of hydrogen-bond acceptors (Lipinski definition) is 3. The predicted octanol–water partition coefficient (Wildman–Crippen LogP) is 5.97. The standard InChI is InChI=1S/C30H25N6/c1-30(2,3)28-31-29(34-24-16-8-4-12-20(24)21-13-5-9-17-25(21)34)33-36(32-28)35-26-18-10-6-14-22(26)23-15-7-11-19-27(23)35/h4-19H,1-3H3/q+1. The zero-order chi connectivity index (χ0) is 24.4. The van der Waals surface area contributed by atoms with Gasteiger partial charge in [-0.3, -0.25) is 4.57 Å². The van der Waals surface area contributed by atoms with Crippen molar-refractivity contribution in [1.82, 2.24) is 24.4 Å². The van der Waals surface area contributed by atoms with E-state index in [0.717, 1.165) is 38.7 Å². The lowest BCUT2D eigenvalue weighted by molar-refractivity contribution is -0.829. The number of benzene rings is 4. The maximum atomic E-state index is 5.05. The smallest absolute Gasteiger partial charge is 0.273 e. The van der Waals surface area contributed by atoms with Gasteiger partial charge in [-0.25, -0.2) is 0 Å². The van der Waals surface area contributed by atoms with Crippen LogP contribution in [0.3, 0.4) is 0 Å². The second-order valence-electron chi connectivity index (χ2n) is 10.2. The molecule has 3 heterocycles. The van der Waals surface area contributed by atoms with Crippen LogP contribution in [0.2, 0.25) is 0 Å². The highest BCUT2D eigenvalue weighted by Crippen LogP contribution is 2.31. The average Bonchev–Trinajstić information content (AvgIpc) is 3.41. The Morgan fingerprint density at radius 2 is 0.972 bits per heavy atom. The minimum atomic E-state index is -0.281. The van der Waals surface area contributed by atoms with Crippen molar-refractivity contribution in [3.05, 3.63) is 103 Å². The van der Waals surface area contributed by atoms with Gasteiger partial charge in [-0.15, -0.1) is 0 Å². The van der Waals surface area contributed by atoms with Crippen molar-refractivity contribution in [3.8, 4) is 5.95 Å². The van der Waals surface area contributed by atoms with Gasteiger partial charge in [0, 0.05) is 27.0 Å². The quantitative estimate of drug-likeness (QED) is 0.293. The molecule has 0 aliphatic rings. The van der Waals surface area contributed by atoms with Crippen molar-refractivity contribution in [1.29, 1.82) is 0 Å². The monoisotopic (exact) mass is 469 g/mol. The lowest BCUT2D eigenvalue weighted by Crippen LogP contribution is -2.51. The first kappa shape index (κ1) is 20.8. The molecule has 0 saturated carbocycles. The van der Waals surface area contributed by atoms with E-state index < -0.39 is 0 Å². The number of nitrogens with zero attached hydrogens (tertiary/aromatic N) is 6. The van der Waals surface area contributed by atoms with E-state index in [1.807, 2.05) is 0 Å². The van der Waals surface area contributed by atoms with Gasteiger partial charge in [-0.1, -0.05) is 98.2 Å². The summed E-state index contributed by atoms with van der Waals surface area (Å²) in [5, 5.41) is 14.7. The molecule has 0 unspecified atom stereocenters. The van der Waals surface area contributed by atoms with Crippen LogP contribution in [-0.4, -0.2) is 24.4 Å². The molecule has 0 bridgehead atoms. The topological polar surface area (TPSA) is 52.4 Å². The van der Waals surface area contributed by atoms with E-state index in [1.54, 1.807) is 4.91 Å². The highest BCUT2D eigenvalue weighted by atomic mass is 15.7. The Bertz CT molecular complexity index is 1700. The van der Waals surface area contributed by atoms with Crippen molar-refractivity contribution in [3.63, 3.8) is 0 Å². The van der Waals surface area contributed by atoms with Crippen molar-refractivity contribution in [2.75, 3.05) is 0 Å². The minimum Gasteiger partial charge on any atom is -0.273 e. The van der Waals surface area contributed by atoms with Crippen LogP contribution in [-0.2, 0) is 5.41 Å². The molecule has 0 aliphatic heterocycles. The van der Waals surface area contributed by atoms with Gasteiger partial charge in [0.1, 0.15) is 16.1 Å². The van der Waals surface area contributed by atoms with Gasteiger partial charge >= 0.3 is 5.95 Å². The van der Waals surface area contributed by atoms with Crippen LogP contribution in [0.1, 0.15) is 26.6 Å². The Morgan fingerprint density at radius 3 is 1.44 bits per heavy atom. The number of para-hydroxylation sites is 4. The Kier molecular flexibility index (Phi) is 4.30. The number of rotatable bonds is 2. The Hall–Kier alpha value is -4.58. The number of hydrogen-bond donors (Lipinski definition) is 0. The molecule has 0 saturated heterocycles. The summed E-state index contributed by atoms with van der Waals surface area (Å²) in [5.74, 6) is 1.31. The van der Waals surface area contributed by atoms with Gasteiger partial charge in [-0.2, -0.15) is 4.98 Å². The normalized spacial score (nSPS) is 12.3.